The highest BCUT2D eigenvalue weighted by Gasteiger charge is 2.26. The van der Waals surface area contributed by atoms with Gasteiger partial charge in [-0.3, -0.25) is 9.59 Å². The smallest absolute Gasteiger partial charge is 0.242 e. The van der Waals surface area contributed by atoms with Crippen LogP contribution >= 0.6 is 11.8 Å². The number of piperidine rings is 1. The van der Waals surface area contributed by atoms with Crippen LogP contribution in [0.1, 0.15) is 46.0 Å². The molecule has 0 spiro atoms. The molecule has 7 heteroatoms. The van der Waals surface area contributed by atoms with Crippen molar-refractivity contribution in [1.29, 1.82) is 0 Å². The highest BCUT2D eigenvalue weighted by Crippen LogP contribution is 2.26. The number of fused-ring (bicyclic) bond motifs is 1. The number of rotatable bonds is 6. The van der Waals surface area contributed by atoms with Gasteiger partial charge in [0.25, 0.3) is 0 Å². The van der Waals surface area contributed by atoms with Crippen molar-refractivity contribution in [3.05, 3.63) is 24.3 Å². The van der Waals surface area contributed by atoms with Gasteiger partial charge in [-0.1, -0.05) is 50.6 Å². The minimum atomic E-state index is 0.0514. The van der Waals surface area contributed by atoms with Gasteiger partial charge < -0.3 is 14.8 Å². The van der Waals surface area contributed by atoms with Crippen molar-refractivity contribution in [1.82, 2.24) is 19.8 Å². The van der Waals surface area contributed by atoms with Crippen LogP contribution in [-0.2, 0) is 16.1 Å². The second-order valence-corrected chi connectivity index (χ2v) is 9.99. The van der Waals surface area contributed by atoms with E-state index in [9.17, 15) is 9.59 Å². The van der Waals surface area contributed by atoms with Crippen molar-refractivity contribution in [3.63, 3.8) is 0 Å². The first-order chi connectivity index (χ1) is 14.5. The number of carbonyl (C=O) groups is 2. The average molecular weight is 429 g/mol. The summed E-state index contributed by atoms with van der Waals surface area (Å²) in [5.74, 6) is 1.58. The largest absolute Gasteiger partial charge is 0.353 e. The maximum Gasteiger partial charge on any atom is 0.242 e. The molecule has 2 amide bonds. The molecule has 0 radical (unpaired) electrons. The van der Waals surface area contributed by atoms with Gasteiger partial charge in [-0.15, -0.1) is 0 Å². The minimum Gasteiger partial charge on any atom is -0.353 e. The highest BCUT2D eigenvalue weighted by molar-refractivity contribution is 7.99. The summed E-state index contributed by atoms with van der Waals surface area (Å²) in [6.07, 6.45) is 5.73. The Hall–Kier alpha value is -2.02. The Morgan fingerprint density at radius 3 is 2.57 bits per heavy atom. The van der Waals surface area contributed by atoms with E-state index in [1.54, 1.807) is 0 Å². The van der Waals surface area contributed by atoms with Crippen molar-refractivity contribution < 1.29 is 9.59 Å². The third-order valence-corrected chi connectivity index (χ3v) is 7.16. The molecular weight excluding hydrogens is 396 g/mol. The fourth-order valence-electron chi connectivity index (χ4n) is 4.89. The number of nitrogens with one attached hydrogen (secondary N) is 1. The number of nitrogens with zero attached hydrogens (tertiary/aromatic N) is 3. The number of hydrogen-bond donors (Lipinski definition) is 1. The summed E-state index contributed by atoms with van der Waals surface area (Å²) in [5, 5.41) is 3.87. The molecule has 1 aliphatic carbocycles. The molecule has 2 atom stereocenters. The number of thioether (sulfide) groups is 1. The Labute approximate surface area is 182 Å². The van der Waals surface area contributed by atoms with E-state index in [1.165, 1.54) is 31.0 Å². The number of hydrogen-bond acceptors (Lipinski definition) is 4. The summed E-state index contributed by atoms with van der Waals surface area (Å²) in [6.45, 7) is 6.34. The van der Waals surface area contributed by atoms with E-state index in [2.05, 4.69) is 19.2 Å². The maximum atomic E-state index is 13.1. The van der Waals surface area contributed by atoms with Crippen LogP contribution in [0.2, 0.25) is 0 Å². The molecule has 1 aliphatic heterocycles. The van der Waals surface area contributed by atoms with Gasteiger partial charge in [-0.25, -0.2) is 4.98 Å². The first kappa shape index (κ1) is 21.2. The molecule has 1 aromatic heterocycles. The molecule has 0 bridgehead atoms. The molecule has 2 aliphatic rings. The van der Waals surface area contributed by atoms with Gasteiger partial charge in [-0.2, -0.15) is 0 Å². The summed E-state index contributed by atoms with van der Waals surface area (Å²) in [6, 6.07) is 8.21. The Balaban J connectivity index is 1.47. The van der Waals surface area contributed by atoms with Gasteiger partial charge in [0.15, 0.2) is 5.16 Å². The van der Waals surface area contributed by atoms with E-state index in [1.807, 2.05) is 33.7 Å². The van der Waals surface area contributed by atoms with Gasteiger partial charge in [0.05, 0.1) is 16.8 Å². The zero-order valence-corrected chi connectivity index (χ0v) is 18.8. The zero-order valence-electron chi connectivity index (χ0n) is 18.0. The highest BCUT2D eigenvalue weighted by atomic mass is 32.2. The Kier molecular flexibility index (Phi) is 6.66. The van der Waals surface area contributed by atoms with E-state index in [0.29, 0.717) is 23.6 Å². The fraction of sp³-hybridized carbons (Fsp3) is 0.609. The number of likely N-dealkylation sites (tertiary alicyclic amines) is 1. The van der Waals surface area contributed by atoms with Crippen molar-refractivity contribution in [2.45, 2.75) is 63.7 Å². The molecular formula is C23H32N4O2S. The third-order valence-electron chi connectivity index (χ3n) is 6.19. The van der Waals surface area contributed by atoms with Crippen molar-refractivity contribution in [3.8, 4) is 0 Å². The normalized spacial score (nSPS) is 22.5. The summed E-state index contributed by atoms with van der Waals surface area (Å²) in [7, 11) is 0. The first-order valence-corrected chi connectivity index (χ1v) is 12.1. The molecule has 1 aromatic carbocycles. The fourth-order valence-corrected chi connectivity index (χ4v) is 5.71. The summed E-state index contributed by atoms with van der Waals surface area (Å²) in [5.41, 5.74) is 1.81. The van der Waals surface area contributed by atoms with Crippen molar-refractivity contribution >= 4 is 34.6 Å². The molecule has 1 N–H and O–H groups in total. The van der Waals surface area contributed by atoms with E-state index in [0.717, 1.165) is 42.1 Å². The molecule has 30 heavy (non-hydrogen) atoms. The van der Waals surface area contributed by atoms with Gasteiger partial charge in [0.1, 0.15) is 6.54 Å². The number of carbonyl (C=O) groups excluding carboxylic acids is 2. The van der Waals surface area contributed by atoms with E-state index >= 15 is 0 Å². The molecule has 2 heterocycles. The second-order valence-electron chi connectivity index (χ2n) is 9.05. The number of benzene rings is 1. The molecule has 6 nitrogen and oxygen atoms in total. The first-order valence-electron chi connectivity index (χ1n) is 11.1. The van der Waals surface area contributed by atoms with Crippen LogP contribution in [0.15, 0.2) is 29.4 Å². The minimum absolute atomic E-state index is 0.0514. The average Bonchev–Trinajstić information content (AvgIpc) is 3.34. The van der Waals surface area contributed by atoms with Crippen LogP contribution in [0, 0.1) is 11.8 Å². The van der Waals surface area contributed by atoms with E-state index < -0.39 is 0 Å². The SMILES string of the molecule is C[C@@H]1C[C@@H](C)CN(C(=O)Cn2c(SCC(=O)NC3CCCC3)nc3ccccc32)C1. The van der Waals surface area contributed by atoms with Crippen LogP contribution in [0.3, 0.4) is 0 Å². The van der Waals surface area contributed by atoms with Crippen LogP contribution in [0.4, 0.5) is 0 Å². The lowest BCUT2D eigenvalue weighted by atomic mass is 9.92. The monoisotopic (exact) mass is 428 g/mol. The molecule has 1 saturated carbocycles. The lowest BCUT2D eigenvalue weighted by Gasteiger charge is -2.35. The summed E-state index contributed by atoms with van der Waals surface area (Å²) in [4.78, 5) is 32.2. The van der Waals surface area contributed by atoms with E-state index in [-0.39, 0.29) is 18.4 Å². The number of imidazole rings is 1. The van der Waals surface area contributed by atoms with Crippen LogP contribution in [-0.4, -0.2) is 51.1 Å². The zero-order chi connectivity index (χ0) is 21.1. The number of para-hydroxylation sites is 2. The Bertz CT molecular complexity index is 896. The van der Waals surface area contributed by atoms with Gasteiger partial charge in [-0.05, 0) is 43.2 Å². The van der Waals surface area contributed by atoms with Crippen molar-refractivity contribution in [2.24, 2.45) is 11.8 Å². The Morgan fingerprint density at radius 1 is 1.13 bits per heavy atom. The quantitative estimate of drug-likeness (QED) is 0.713. The molecule has 162 valence electrons. The molecule has 4 rings (SSSR count). The van der Waals surface area contributed by atoms with Crippen molar-refractivity contribution in [2.75, 3.05) is 18.8 Å². The number of aromatic nitrogens is 2. The molecule has 2 fully saturated rings. The Morgan fingerprint density at radius 2 is 1.83 bits per heavy atom. The van der Waals surface area contributed by atoms with E-state index in [4.69, 9.17) is 4.98 Å². The lowest BCUT2D eigenvalue weighted by molar-refractivity contribution is -0.134. The molecule has 1 saturated heterocycles. The number of amides is 2. The third kappa shape index (κ3) is 4.99. The van der Waals surface area contributed by atoms with Crippen LogP contribution in [0.25, 0.3) is 11.0 Å². The maximum absolute atomic E-state index is 13.1. The predicted octanol–water partition coefficient (Wildman–Crippen LogP) is 3.69. The van der Waals surface area contributed by atoms with Crippen LogP contribution in [0.5, 0.6) is 0 Å². The summed E-state index contributed by atoms with van der Waals surface area (Å²) < 4.78 is 1.98. The molecule has 0 unspecified atom stereocenters. The second kappa shape index (κ2) is 9.41. The predicted molar refractivity (Wildman–Crippen MR) is 120 cm³/mol. The van der Waals surface area contributed by atoms with Crippen LogP contribution < -0.4 is 5.32 Å². The van der Waals surface area contributed by atoms with Gasteiger partial charge in [0.2, 0.25) is 11.8 Å². The summed E-state index contributed by atoms with van der Waals surface area (Å²) >= 11 is 1.42. The standard InChI is InChI=1S/C23H32N4O2S/c1-16-11-17(2)13-26(12-16)22(29)14-27-20-10-6-5-9-19(20)25-23(27)30-15-21(28)24-18-7-3-4-8-18/h5-6,9-10,16-18H,3-4,7-8,11-15H2,1-2H3,(H,24,28)/t16-,17-/m1/s1. The topological polar surface area (TPSA) is 67.2 Å². The molecule has 2 aromatic rings. The van der Waals surface area contributed by atoms with Gasteiger partial charge in [0, 0.05) is 19.1 Å². The lowest BCUT2D eigenvalue weighted by Crippen LogP contribution is -2.44. The van der Waals surface area contributed by atoms with Gasteiger partial charge >= 0.3 is 0 Å².